The normalized spacial score (nSPS) is 14.3. The van der Waals surface area contributed by atoms with Gasteiger partial charge in [-0.3, -0.25) is 0 Å². The highest BCUT2D eigenvalue weighted by molar-refractivity contribution is 9.10. The van der Waals surface area contributed by atoms with Crippen LogP contribution in [-0.4, -0.2) is 21.5 Å². The minimum Gasteiger partial charge on any atom is -0.345 e. The number of halogens is 1. The molecule has 1 N–H and O–H groups in total. The van der Waals surface area contributed by atoms with E-state index in [0.29, 0.717) is 6.54 Å². The van der Waals surface area contributed by atoms with Gasteiger partial charge in [0.05, 0.1) is 6.54 Å². The number of anilines is 1. The van der Waals surface area contributed by atoms with E-state index < -0.39 is 0 Å². The highest BCUT2D eigenvalue weighted by atomic mass is 79.9. The van der Waals surface area contributed by atoms with Crippen LogP contribution < -0.4 is 5.32 Å². The first-order valence-electron chi connectivity index (χ1n) is 11.5. The average Bonchev–Trinajstić information content (AvgIpc) is 3.23. The molecule has 1 aliphatic carbocycles. The van der Waals surface area contributed by atoms with Crippen molar-refractivity contribution < 1.29 is 4.79 Å². The molecule has 1 heterocycles. The topological polar surface area (TPSA) is 37.3 Å². The maximum atomic E-state index is 13.6. The number of nitrogens with one attached hydrogen (secondary N) is 1. The summed E-state index contributed by atoms with van der Waals surface area (Å²) in [7, 11) is 0. The van der Waals surface area contributed by atoms with Crippen molar-refractivity contribution in [2.24, 2.45) is 0 Å². The number of carbonyl (C=O) groups excluding carboxylic acids is 1. The van der Waals surface area contributed by atoms with Gasteiger partial charge in [-0.1, -0.05) is 65.5 Å². The largest absolute Gasteiger partial charge is 0.345 e. The third-order valence-electron chi connectivity index (χ3n) is 6.51. The van der Waals surface area contributed by atoms with Gasteiger partial charge in [-0.05, 0) is 67.6 Å². The van der Waals surface area contributed by atoms with Crippen molar-refractivity contribution in [3.63, 3.8) is 0 Å². The van der Waals surface area contributed by atoms with Gasteiger partial charge in [0.25, 0.3) is 0 Å². The first-order chi connectivity index (χ1) is 15.5. The Hall–Kier alpha value is -2.53. The fourth-order valence-corrected chi connectivity index (χ4v) is 4.92. The fourth-order valence-electron chi connectivity index (χ4n) is 4.66. The molecule has 1 aliphatic rings. The third-order valence-corrected chi connectivity index (χ3v) is 7.04. The zero-order chi connectivity index (χ0) is 22.5. The maximum absolute atomic E-state index is 13.6. The summed E-state index contributed by atoms with van der Waals surface area (Å²) in [5.41, 5.74) is 5.54. The Morgan fingerprint density at radius 2 is 1.69 bits per heavy atom. The minimum absolute atomic E-state index is 0.00527. The molecule has 0 bridgehead atoms. The van der Waals surface area contributed by atoms with E-state index in [0.717, 1.165) is 46.4 Å². The molecule has 0 radical (unpaired) electrons. The number of rotatable bonds is 6. The van der Waals surface area contributed by atoms with Crippen LogP contribution in [-0.2, 0) is 13.1 Å². The molecule has 1 saturated carbocycles. The van der Waals surface area contributed by atoms with Gasteiger partial charge in [0.1, 0.15) is 0 Å². The van der Waals surface area contributed by atoms with Crippen LogP contribution in [0.4, 0.5) is 10.5 Å². The van der Waals surface area contributed by atoms with Crippen LogP contribution in [0.3, 0.4) is 0 Å². The first kappa shape index (κ1) is 22.7. The Labute approximate surface area is 199 Å². The lowest BCUT2D eigenvalue weighted by Crippen LogP contribution is -2.44. The number of para-hydroxylation sites is 1. The van der Waals surface area contributed by atoms with E-state index in [1.165, 1.54) is 24.8 Å². The molecular formula is C27H32BrN3O. The summed E-state index contributed by atoms with van der Waals surface area (Å²) in [6, 6.07) is 19.1. The Bertz CT molecular complexity index is 1030. The van der Waals surface area contributed by atoms with Crippen LogP contribution in [0.1, 0.15) is 54.5 Å². The molecule has 0 unspecified atom stereocenters. The van der Waals surface area contributed by atoms with E-state index in [1.54, 1.807) is 0 Å². The second-order valence-corrected chi connectivity index (χ2v) is 9.79. The number of amides is 2. The highest BCUT2D eigenvalue weighted by Gasteiger charge is 2.27. The molecule has 32 heavy (non-hydrogen) atoms. The van der Waals surface area contributed by atoms with Crippen molar-refractivity contribution in [3.8, 4) is 0 Å². The van der Waals surface area contributed by atoms with Gasteiger partial charge in [-0.15, -0.1) is 0 Å². The standard InChI is InChI=1S/C27H32BrN3O/c1-20-8-6-9-21(2)26(20)29-27(32)31(24-10-4-3-5-11-24)19-25-12-7-17-30(25)18-22-13-15-23(28)16-14-22/h6-9,12-17,24H,3-5,10-11,18-19H2,1-2H3,(H,29,32). The van der Waals surface area contributed by atoms with Gasteiger partial charge in [-0.2, -0.15) is 0 Å². The van der Waals surface area contributed by atoms with Crippen molar-refractivity contribution in [2.75, 3.05) is 5.32 Å². The summed E-state index contributed by atoms with van der Waals surface area (Å²) in [5.74, 6) is 0. The Morgan fingerprint density at radius 1 is 1.00 bits per heavy atom. The Kier molecular flexibility index (Phi) is 7.36. The monoisotopic (exact) mass is 493 g/mol. The highest BCUT2D eigenvalue weighted by Crippen LogP contribution is 2.27. The lowest BCUT2D eigenvalue weighted by molar-refractivity contribution is 0.161. The summed E-state index contributed by atoms with van der Waals surface area (Å²) < 4.78 is 3.34. The number of nitrogens with zero attached hydrogens (tertiary/aromatic N) is 2. The molecule has 0 saturated heterocycles. The summed E-state index contributed by atoms with van der Waals surface area (Å²) in [4.78, 5) is 15.6. The summed E-state index contributed by atoms with van der Waals surface area (Å²) >= 11 is 3.51. The van der Waals surface area contributed by atoms with Crippen LogP contribution >= 0.6 is 15.9 Å². The van der Waals surface area contributed by atoms with E-state index in [2.05, 4.69) is 99.3 Å². The van der Waals surface area contributed by atoms with Crippen LogP contribution in [0.5, 0.6) is 0 Å². The molecule has 4 rings (SSSR count). The zero-order valence-corrected chi connectivity index (χ0v) is 20.6. The van der Waals surface area contributed by atoms with E-state index in [1.807, 2.05) is 6.07 Å². The molecule has 168 valence electrons. The fraction of sp³-hybridized carbons (Fsp3) is 0.370. The average molecular weight is 494 g/mol. The quantitative estimate of drug-likeness (QED) is 0.384. The molecule has 1 fully saturated rings. The smallest absolute Gasteiger partial charge is 0.322 e. The first-order valence-corrected chi connectivity index (χ1v) is 12.3. The molecular weight excluding hydrogens is 462 g/mol. The second-order valence-electron chi connectivity index (χ2n) is 8.87. The van der Waals surface area contributed by atoms with Gasteiger partial charge in [0.2, 0.25) is 0 Å². The Morgan fingerprint density at radius 3 is 2.38 bits per heavy atom. The molecule has 0 spiro atoms. The summed E-state index contributed by atoms with van der Waals surface area (Å²) in [5, 5.41) is 3.24. The molecule has 0 aliphatic heterocycles. The maximum Gasteiger partial charge on any atom is 0.322 e. The van der Waals surface area contributed by atoms with Gasteiger partial charge < -0.3 is 14.8 Å². The van der Waals surface area contributed by atoms with Crippen molar-refractivity contribution in [2.45, 2.75) is 65.1 Å². The minimum atomic E-state index is 0.00527. The molecule has 4 nitrogen and oxygen atoms in total. The number of hydrogen-bond donors (Lipinski definition) is 1. The number of urea groups is 1. The van der Waals surface area contributed by atoms with Crippen LogP contribution in [0.2, 0.25) is 0 Å². The van der Waals surface area contributed by atoms with Crippen molar-refractivity contribution >= 4 is 27.6 Å². The predicted molar refractivity (Wildman–Crippen MR) is 135 cm³/mol. The summed E-state index contributed by atoms with van der Waals surface area (Å²) in [6.45, 7) is 5.52. The van der Waals surface area contributed by atoms with E-state index in [-0.39, 0.29) is 12.1 Å². The predicted octanol–water partition coefficient (Wildman–Crippen LogP) is 7.28. The molecule has 3 aromatic rings. The van der Waals surface area contributed by atoms with Gasteiger partial charge in [-0.25, -0.2) is 4.79 Å². The van der Waals surface area contributed by atoms with Gasteiger partial charge >= 0.3 is 6.03 Å². The number of carbonyl (C=O) groups is 1. The number of hydrogen-bond acceptors (Lipinski definition) is 1. The van der Waals surface area contributed by atoms with Gasteiger partial charge in [0.15, 0.2) is 0 Å². The van der Waals surface area contributed by atoms with E-state index >= 15 is 0 Å². The van der Waals surface area contributed by atoms with E-state index in [4.69, 9.17) is 0 Å². The van der Waals surface area contributed by atoms with Crippen LogP contribution in [0.25, 0.3) is 0 Å². The molecule has 5 heteroatoms. The summed E-state index contributed by atoms with van der Waals surface area (Å²) in [6.07, 6.45) is 7.92. The number of aryl methyl sites for hydroxylation is 2. The SMILES string of the molecule is Cc1cccc(C)c1NC(=O)N(Cc1cccn1Cc1ccc(Br)cc1)C1CCCCC1. The van der Waals surface area contributed by atoms with Crippen LogP contribution in [0.15, 0.2) is 65.3 Å². The molecule has 0 atom stereocenters. The zero-order valence-electron chi connectivity index (χ0n) is 19.0. The van der Waals surface area contributed by atoms with Crippen LogP contribution in [0, 0.1) is 13.8 Å². The molecule has 2 amide bonds. The number of aromatic nitrogens is 1. The van der Waals surface area contributed by atoms with Crippen molar-refractivity contribution in [1.82, 2.24) is 9.47 Å². The lowest BCUT2D eigenvalue weighted by Gasteiger charge is -2.35. The second kappa shape index (κ2) is 10.4. The molecule has 2 aromatic carbocycles. The lowest BCUT2D eigenvalue weighted by atomic mass is 9.94. The van der Waals surface area contributed by atoms with Crippen molar-refractivity contribution in [1.29, 1.82) is 0 Å². The van der Waals surface area contributed by atoms with Crippen molar-refractivity contribution in [3.05, 3.63) is 87.7 Å². The third kappa shape index (κ3) is 5.44. The van der Waals surface area contributed by atoms with E-state index in [9.17, 15) is 4.79 Å². The number of benzene rings is 2. The Balaban J connectivity index is 1.56. The molecule has 1 aromatic heterocycles. The van der Waals surface area contributed by atoms with Gasteiger partial charge in [0, 0.05) is 34.6 Å².